The number of hydrogen-bond donors (Lipinski definition) is 2. The summed E-state index contributed by atoms with van der Waals surface area (Å²) in [6, 6.07) is 7.29. The maximum atomic E-state index is 12.1. The summed E-state index contributed by atoms with van der Waals surface area (Å²) in [5.41, 5.74) is 1.44. The number of rotatable bonds is 6. The molecule has 2 unspecified atom stereocenters. The molecule has 1 aromatic carbocycles. The van der Waals surface area contributed by atoms with E-state index in [1.165, 1.54) is 0 Å². The van der Waals surface area contributed by atoms with E-state index in [-0.39, 0.29) is 18.4 Å². The van der Waals surface area contributed by atoms with Crippen LogP contribution in [-0.4, -0.2) is 33.2 Å². The molecule has 0 fully saturated rings. The molecule has 1 amide bonds. The Morgan fingerprint density at radius 2 is 2.29 bits per heavy atom. The first-order chi connectivity index (χ1) is 10.1. The van der Waals surface area contributed by atoms with Gasteiger partial charge in [0.1, 0.15) is 0 Å². The van der Waals surface area contributed by atoms with Crippen molar-refractivity contribution < 1.29 is 9.90 Å². The summed E-state index contributed by atoms with van der Waals surface area (Å²) in [6.45, 7) is 4.25. The Labute approximate surface area is 124 Å². The third-order valence-corrected chi connectivity index (χ3v) is 3.68. The van der Waals surface area contributed by atoms with Gasteiger partial charge in [-0.3, -0.25) is 4.79 Å². The lowest BCUT2D eigenvalue weighted by atomic mass is 10.0. The van der Waals surface area contributed by atoms with Gasteiger partial charge in [-0.25, -0.2) is 4.98 Å². The number of nitrogens with zero attached hydrogens (tertiary/aromatic N) is 2. The van der Waals surface area contributed by atoms with Crippen LogP contribution in [0, 0.1) is 5.92 Å². The number of hydrogen-bond acceptors (Lipinski definition) is 3. The fourth-order valence-electron chi connectivity index (χ4n) is 1.99. The lowest BCUT2D eigenvalue weighted by molar-refractivity contribution is 0.0850. The lowest BCUT2D eigenvalue weighted by Gasteiger charge is -2.17. The molecular formula is C16H21N3O2. The normalized spacial score (nSPS) is 13.7. The average Bonchev–Trinajstić information content (AvgIpc) is 3.06. The van der Waals surface area contributed by atoms with E-state index >= 15 is 0 Å². The van der Waals surface area contributed by atoms with E-state index in [9.17, 15) is 9.90 Å². The van der Waals surface area contributed by atoms with E-state index in [4.69, 9.17) is 0 Å². The molecule has 2 rings (SSSR count). The van der Waals surface area contributed by atoms with Gasteiger partial charge in [-0.15, -0.1) is 0 Å². The molecule has 0 radical (unpaired) electrons. The second kappa shape index (κ2) is 7.04. The number of aliphatic hydroxyl groups excluding tert-OH is 1. The lowest BCUT2D eigenvalue weighted by Crippen LogP contribution is -2.35. The van der Waals surface area contributed by atoms with Crippen LogP contribution in [0.3, 0.4) is 0 Å². The van der Waals surface area contributed by atoms with Crippen molar-refractivity contribution in [2.24, 2.45) is 5.92 Å². The summed E-state index contributed by atoms with van der Waals surface area (Å²) in [7, 11) is 0. The van der Waals surface area contributed by atoms with Gasteiger partial charge in [-0.05, 0) is 24.1 Å². The van der Waals surface area contributed by atoms with Gasteiger partial charge < -0.3 is 15.0 Å². The van der Waals surface area contributed by atoms with E-state index in [1.54, 1.807) is 24.7 Å². The maximum Gasteiger partial charge on any atom is 0.251 e. The topological polar surface area (TPSA) is 67.2 Å². The fourth-order valence-corrected chi connectivity index (χ4v) is 1.99. The number of amides is 1. The molecule has 112 valence electrons. The maximum absolute atomic E-state index is 12.1. The molecule has 5 nitrogen and oxygen atoms in total. The van der Waals surface area contributed by atoms with E-state index in [1.807, 2.05) is 36.7 Å². The zero-order chi connectivity index (χ0) is 15.2. The summed E-state index contributed by atoms with van der Waals surface area (Å²) >= 11 is 0. The minimum absolute atomic E-state index is 0.169. The average molecular weight is 287 g/mol. The highest BCUT2D eigenvalue weighted by molar-refractivity contribution is 5.94. The fraction of sp³-hybridized carbons (Fsp3) is 0.375. The Morgan fingerprint density at radius 3 is 2.95 bits per heavy atom. The van der Waals surface area contributed by atoms with Crippen molar-refractivity contribution in [1.29, 1.82) is 0 Å². The Balaban J connectivity index is 2.01. The van der Waals surface area contributed by atoms with Crippen LogP contribution in [0.25, 0.3) is 5.69 Å². The number of carbonyl (C=O) groups excluding carboxylic acids is 1. The van der Waals surface area contributed by atoms with E-state index in [0.29, 0.717) is 5.56 Å². The highest BCUT2D eigenvalue weighted by atomic mass is 16.3. The molecule has 2 aromatic rings. The number of carbonyl (C=O) groups is 1. The van der Waals surface area contributed by atoms with Crippen LogP contribution >= 0.6 is 0 Å². The number of imidazole rings is 1. The molecule has 1 heterocycles. The van der Waals surface area contributed by atoms with Gasteiger partial charge in [0.15, 0.2) is 0 Å². The predicted molar refractivity (Wildman–Crippen MR) is 81.4 cm³/mol. The molecule has 0 saturated heterocycles. The number of benzene rings is 1. The summed E-state index contributed by atoms with van der Waals surface area (Å²) in [4.78, 5) is 16.1. The number of aromatic nitrogens is 2. The molecule has 0 bridgehead atoms. The molecule has 1 aromatic heterocycles. The van der Waals surface area contributed by atoms with Crippen LogP contribution in [0.4, 0.5) is 0 Å². The van der Waals surface area contributed by atoms with Crippen LogP contribution < -0.4 is 5.32 Å². The first-order valence-electron chi connectivity index (χ1n) is 7.16. The van der Waals surface area contributed by atoms with Crippen molar-refractivity contribution in [3.63, 3.8) is 0 Å². The van der Waals surface area contributed by atoms with Gasteiger partial charge in [0.25, 0.3) is 5.91 Å². The third kappa shape index (κ3) is 3.92. The minimum atomic E-state index is -0.518. The van der Waals surface area contributed by atoms with E-state index < -0.39 is 6.10 Å². The standard InChI is InChI=1S/C16H21N3O2/c1-3-12(2)15(20)10-18-16(21)13-5-4-6-14(9-13)19-8-7-17-11-19/h4-9,11-12,15,20H,3,10H2,1-2H3,(H,18,21). The second-order valence-corrected chi connectivity index (χ2v) is 5.18. The van der Waals surface area contributed by atoms with Crippen molar-refractivity contribution in [3.05, 3.63) is 48.5 Å². The van der Waals surface area contributed by atoms with Gasteiger partial charge in [0.2, 0.25) is 0 Å². The van der Waals surface area contributed by atoms with Crippen molar-refractivity contribution >= 4 is 5.91 Å². The van der Waals surface area contributed by atoms with Gasteiger partial charge in [0, 0.05) is 30.2 Å². The van der Waals surface area contributed by atoms with Crippen LogP contribution in [-0.2, 0) is 0 Å². The van der Waals surface area contributed by atoms with Crippen LogP contribution in [0.5, 0.6) is 0 Å². The molecular weight excluding hydrogens is 266 g/mol. The minimum Gasteiger partial charge on any atom is -0.391 e. The Hall–Kier alpha value is -2.14. The quantitative estimate of drug-likeness (QED) is 0.854. The van der Waals surface area contributed by atoms with Crippen molar-refractivity contribution in [2.45, 2.75) is 26.4 Å². The SMILES string of the molecule is CCC(C)C(O)CNC(=O)c1cccc(-n2ccnc2)c1. The largest absolute Gasteiger partial charge is 0.391 e. The number of nitrogens with one attached hydrogen (secondary N) is 1. The van der Waals surface area contributed by atoms with Crippen molar-refractivity contribution in [2.75, 3.05) is 6.54 Å². The molecule has 0 spiro atoms. The van der Waals surface area contributed by atoms with Gasteiger partial charge >= 0.3 is 0 Å². The zero-order valence-electron chi connectivity index (χ0n) is 12.4. The zero-order valence-corrected chi connectivity index (χ0v) is 12.4. The third-order valence-electron chi connectivity index (χ3n) is 3.68. The molecule has 0 saturated carbocycles. The molecule has 21 heavy (non-hydrogen) atoms. The smallest absolute Gasteiger partial charge is 0.251 e. The first-order valence-corrected chi connectivity index (χ1v) is 7.16. The van der Waals surface area contributed by atoms with Crippen LogP contribution in [0.2, 0.25) is 0 Å². The van der Waals surface area contributed by atoms with E-state index in [0.717, 1.165) is 12.1 Å². The van der Waals surface area contributed by atoms with Crippen molar-refractivity contribution in [1.82, 2.24) is 14.9 Å². The predicted octanol–water partition coefficient (Wildman–Crippen LogP) is 2.01. The summed E-state index contributed by atoms with van der Waals surface area (Å²) in [5, 5.41) is 12.7. The van der Waals surface area contributed by atoms with Crippen molar-refractivity contribution in [3.8, 4) is 5.69 Å². The molecule has 0 aliphatic carbocycles. The monoisotopic (exact) mass is 287 g/mol. The van der Waals surface area contributed by atoms with Crippen LogP contribution in [0.1, 0.15) is 30.6 Å². The Morgan fingerprint density at radius 1 is 1.48 bits per heavy atom. The second-order valence-electron chi connectivity index (χ2n) is 5.18. The summed E-state index contributed by atoms with van der Waals surface area (Å²) in [5.74, 6) is -0.0121. The molecule has 5 heteroatoms. The highest BCUT2D eigenvalue weighted by Crippen LogP contribution is 2.11. The summed E-state index contributed by atoms with van der Waals surface area (Å²) in [6.07, 6.45) is 5.56. The number of aliphatic hydroxyl groups is 1. The molecule has 0 aliphatic heterocycles. The molecule has 2 N–H and O–H groups in total. The first kappa shape index (κ1) is 15.3. The van der Waals surface area contributed by atoms with Gasteiger partial charge in [-0.2, -0.15) is 0 Å². The van der Waals surface area contributed by atoms with Crippen LogP contribution in [0.15, 0.2) is 43.0 Å². The summed E-state index contributed by atoms with van der Waals surface area (Å²) < 4.78 is 1.84. The Kier molecular flexibility index (Phi) is 5.11. The highest BCUT2D eigenvalue weighted by Gasteiger charge is 2.14. The molecule has 2 atom stereocenters. The Bertz CT molecular complexity index is 581. The van der Waals surface area contributed by atoms with Gasteiger partial charge in [0.05, 0.1) is 12.4 Å². The van der Waals surface area contributed by atoms with Gasteiger partial charge in [-0.1, -0.05) is 26.3 Å². The molecule has 0 aliphatic rings. The van der Waals surface area contributed by atoms with E-state index in [2.05, 4.69) is 10.3 Å².